The average molecular weight is 430 g/mol. The highest BCUT2D eigenvalue weighted by Crippen LogP contribution is 2.21. The smallest absolute Gasteiger partial charge is 0.191 e. The standard InChI is InChI=1S/C18H30N4.HI/c1-4-17(13-21-18(19-5-2)20-6-3)22-12-11-15-9-7-8-10-16(15)14-22;/h7-10,17H,4-6,11-14H2,1-3H3,(H2,19,20,21);1H. The van der Waals surface area contributed by atoms with Crippen LogP contribution in [-0.2, 0) is 13.0 Å². The van der Waals surface area contributed by atoms with Gasteiger partial charge in [-0.2, -0.15) is 0 Å². The Morgan fingerprint density at radius 1 is 1.13 bits per heavy atom. The first-order valence-corrected chi connectivity index (χ1v) is 8.61. The lowest BCUT2D eigenvalue weighted by atomic mass is 9.98. The predicted molar refractivity (Wildman–Crippen MR) is 110 cm³/mol. The van der Waals surface area contributed by atoms with E-state index in [4.69, 9.17) is 4.99 Å². The van der Waals surface area contributed by atoms with Crippen molar-refractivity contribution < 1.29 is 0 Å². The van der Waals surface area contributed by atoms with Crippen LogP contribution in [0.3, 0.4) is 0 Å². The van der Waals surface area contributed by atoms with Crippen LogP contribution in [0.25, 0.3) is 0 Å². The van der Waals surface area contributed by atoms with Gasteiger partial charge in [0.05, 0.1) is 6.54 Å². The minimum absolute atomic E-state index is 0. The topological polar surface area (TPSA) is 39.7 Å². The number of hydrogen-bond donors (Lipinski definition) is 2. The lowest BCUT2D eigenvalue weighted by molar-refractivity contribution is 0.178. The van der Waals surface area contributed by atoms with E-state index in [0.717, 1.165) is 51.5 Å². The fourth-order valence-electron chi connectivity index (χ4n) is 3.04. The summed E-state index contributed by atoms with van der Waals surface area (Å²) in [5, 5.41) is 6.60. The van der Waals surface area contributed by atoms with Crippen molar-refractivity contribution in [3.05, 3.63) is 35.4 Å². The Labute approximate surface area is 158 Å². The molecule has 0 radical (unpaired) electrons. The van der Waals surface area contributed by atoms with Crippen LogP contribution in [0.4, 0.5) is 0 Å². The van der Waals surface area contributed by atoms with Gasteiger partial charge in [0, 0.05) is 32.2 Å². The maximum absolute atomic E-state index is 4.76. The SMILES string of the molecule is CCNC(=NCC(CC)N1CCc2ccccc2C1)NCC.I. The van der Waals surface area contributed by atoms with Crippen LogP contribution in [0.2, 0.25) is 0 Å². The van der Waals surface area contributed by atoms with Crippen molar-refractivity contribution in [3.8, 4) is 0 Å². The summed E-state index contributed by atoms with van der Waals surface area (Å²) in [7, 11) is 0. The van der Waals surface area contributed by atoms with Crippen LogP contribution in [0.15, 0.2) is 29.3 Å². The van der Waals surface area contributed by atoms with Crippen molar-refractivity contribution >= 4 is 29.9 Å². The van der Waals surface area contributed by atoms with E-state index in [1.54, 1.807) is 0 Å². The second-order valence-corrected chi connectivity index (χ2v) is 5.80. The highest BCUT2D eigenvalue weighted by molar-refractivity contribution is 14.0. The molecule has 0 saturated carbocycles. The van der Waals surface area contributed by atoms with Crippen LogP contribution in [0.1, 0.15) is 38.3 Å². The molecule has 2 N–H and O–H groups in total. The minimum atomic E-state index is 0. The lowest BCUT2D eigenvalue weighted by Gasteiger charge is -2.34. The quantitative estimate of drug-likeness (QED) is 0.414. The molecule has 0 bridgehead atoms. The largest absolute Gasteiger partial charge is 0.357 e. The summed E-state index contributed by atoms with van der Waals surface area (Å²) in [6.07, 6.45) is 2.29. The Balaban J connectivity index is 0.00000264. The molecule has 5 heteroatoms. The Morgan fingerprint density at radius 2 is 1.78 bits per heavy atom. The van der Waals surface area contributed by atoms with Gasteiger partial charge in [-0.25, -0.2) is 0 Å². The Morgan fingerprint density at radius 3 is 2.39 bits per heavy atom. The van der Waals surface area contributed by atoms with Gasteiger partial charge in [0.15, 0.2) is 5.96 Å². The molecule has 2 rings (SSSR count). The Kier molecular flexibility index (Phi) is 9.55. The van der Waals surface area contributed by atoms with Crippen molar-refractivity contribution in [3.63, 3.8) is 0 Å². The molecule has 0 aromatic heterocycles. The summed E-state index contributed by atoms with van der Waals surface area (Å²) in [6, 6.07) is 9.34. The molecule has 1 unspecified atom stereocenters. The average Bonchev–Trinajstić information content (AvgIpc) is 2.55. The van der Waals surface area contributed by atoms with Gasteiger partial charge in [-0.3, -0.25) is 9.89 Å². The minimum Gasteiger partial charge on any atom is -0.357 e. The van der Waals surface area contributed by atoms with Crippen molar-refractivity contribution in [2.75, 3.05) is 26.2 Å². The molecule has 1 atom stereocenters. The summed E-state index contributed by atoms with van der Waals surface area (Å²) in [6.45, 7) is 11.3. The number of nitrogens with zero attached hydrogens (tertiary/aromatic N) is 2. The summed E-state index contributed by atoms with van der Waals surface area (Å²) in [5.74, 6) is 0.931. The zero-order valence-corrected chi connectivity index (χ0v) is 17.0. The third-order valence-electron chi connectivity index (χ3n) is 4.30. The summed E-state index contributed by atoms with van der Waals surface area (Å²) in [5.41, 5.74) is 2.99. The number of hydrogen-bond acceptors (Lipinski definition) is 2. The van der Waals surface area contributed by atoms with E-state index in [1.807, 2.05) is 0 Å². The van der Waals surface area contributed by atoms with E-state index in [1.165, 1.54) is 11.1 Å². The maximum atomic E-state index is 4.76. The van der Waals surface area contributed by atoms with Crippen LogP contribution in [-0.4, -0.2) is 43.1 Å². The Hall–Kier alpha value is -0.820. The van der Waals surface area contributed by atoms with Crippen molar-refractivity contribution in [2.24, 2.45) is 4.99 Å². The molecule has 1 aliphatic rings. The molecule has 1 heterocycles. The van der Waals surface area contributed by atoms with Crippen LogP contribution < -0.4 is 10.6 Å². The highest BCUT2D eigenvalue weighted by Gasteiger charge is 2.21. The number of halogens is 1. The number of rotatable bonds is 6. The van der Waals surface area contributed by atoms with Gasteiger partial charge in [-0.05, 0) is 37.8 Å². The predicted octanol–water partition coefficient (Wildman–Crippen LogP) is 3.02. The first kappa shape index (κ1) is 20.2. The zero-order chi connectivity index (χ0) is 15.8. The van der Waals surface area contributed by atoms with Crippen molar-refractivity contribution in [1.82, 2.24) is 15.5 Å². The van der Waals surface area contributed by atoms with Crippen LogP contribution in [0.5, 0.6) is 0 Å². The summed E-state index contributed by atoms with van der Waals surface area (Å²) >= 11 is 0. The fourth-order valence-corrected chi connectivity index (χ4v) is 3.04. The van der Waals surface area contributed by atoms with Gasteiger partial charge < -0.3 is 10.6 Å². The van der Waals surface area contributed by atoms with E-state index in [2.05, 4.69) is 60.6 Å². The Bertz CT molecular complexity index is 482. The molecule has 23 heavy (non-hydrogen) atoms. The normalized spacial score (nSPS) is 15.1. The molecule has 0 fully saturated rings. The third-order valence-corrected chi connectivity index (χ3v) is 4.30. The molecule has 0 amide bonds. The molecule has 0 spiro atoms. The van der Waals surface area contributed by atoms with E-state index < -0.39 is 0 Å². The molecule has 1 aromatic carbocycles. The molecule has 1 aliphatic heterocycles. The number of benzene rings is 1. The number of aliphatic imine (C=N–C) groups is 1. The summed E-state index contributed by atoms with van der Waals surface area (Å²) < 4.78 is 0. The van der Waals surface area contributed by atoms with Crippen LogP contribution in [0, 0.1) is 0 Å². The van der Waals surface area contributed by atoms with E-state index >= 15 is 0 Å². The third kappa shape index (κ3) is 5.95. The molecule has 1 aromatic rings. The van der Waals surface area contributed by atoms with Crippen molar-refractivity contribution in [2.45, 2.75) is 46.2 Å². The summed E-state index contributed by atoms with van der Waals surface area (Å²) in [4.78, 5) is 7.34. The second kappa shape index (κ2) is 10.9. The monoisotopic (exact) mass is 430 g/mol. The molecule has 4 nitrogen and oxygen atoms in total. The second-order valence-electron chi connectivity index (χ2n) is 5.80. The number of fused-ring (bicyclic) bond motifs is 1. The molecule has 0 aliphatic carbocycles. The number of guanidine groups is 1. The van der Waals surface area contributed by atoms with Gasteiger partial charge in [0.25, 0.3) is 0 Å². The molecular weight excluding hydrogens is 399 g/mol. The van der Waals surface area contributed by atoms with E-state index in [0.29, 0.717) is 6.04 Å². The lowest BCUT2D eigenvalue weighted by Crippen LogP contribution is -2.42. The fraction of sp³-hybridized carbons (Fsp3) is 0.611. The van der Waals surface area contributed by atoms with E-state index in [9.17, 15) is 0 Å². The van der Waals surface area contributed by atoms with Gasteiger partial charge >= 0.3 is 0 Å². The van der Waals surface area contributed by atoms with Gasteiger partial charge in [0.2, 0.25) is 0 Å². The zero-order valence-electron chi connectivity index (χ0n) is 14.6. The molecular formula is C18H31IN4. The maximum Gasteiger partial charge on any atom is 0.191 e. The van der Waals surface area contributed by atoms with E-state index in [-0.39, 0.29) is 24.0 Å². The van der Waals surface area contributed by atoms with Crippen molar-refractivity contribution in [1.29, 1.82) is 0 Å². The first-order chi connectivity index (χ1) is 10.8. The van der Waals surface area contributed by atoms with Gasteiger partial charge in [0.1, 0.15) is 0 Å². The van der Waals surface area contributed by atoms with Crippen LogP contribution >= 0.6 is 24.0 Å². The first-order valence-electron chi connectivity index (χ1n) is 8.61. The van der Waals surface area contributed by atoms with Gasteiger partial charge in [-0.1, -0.05) is 31.2 Å². The van der Waals surface area contributed by atoms with Gasteiger partial charge in [-0.15, -0.1) is 24.0 Å². The highest BCUT2D eigenvalue weighted by atomic mass is 127. The molecule has 130 valence electrons. The number of nitrogens with one attached hydrogen (secondary N) is 2. The molecule has 0 saturated heterocycles.